The van der Waals surface area contributed by atoms with Crippen LogP contribution in [0.25, 0.3) is 0 Å². The van der Waals surface area contributed by atoms with Crippen molar-refractivity contribution in [3.05, 3.63) is 35.4 Å². The Kier molecular flexibility index (Phi) is 5.38. The van der Waals surface area contributed by atoms with Crippen LogP contribution >= 0.6 is 15.9 Å². The van der Waals surface area contributed by atoms with E-state index in [0.717, 1.165) is 6.07 Å². The summed E-state index contributed by atoms with van der Waals surface area (Å²) in [5, 5.41) is 3.26. The van der Waals surface area contributed by atoms with E-state index in [0.29, 0.717) is 30.3 Å². The monoisotopic (exact) mass is 291 g/mol. The lowest BCUT2D eigenvalue weighted by Gasteiger charge is -2.04. The Morgan fingerprint density at radius 1 is 1.25 bits per heavy atom. The number of carbonyl (C=O) groups is 1. The number of nitrogens with one attached hydrogen (secondary N) is 1. The third kappa shape index (κ3) is 4.70. The highest BCUT2D eigenvalue weighted by Crippen LogP contribution is 2.08. The lowest BCUT2D eigenvalue weighted by molar-refractivity contribution is -0.120. The van der Waals surface area contributed by atoms with Crippen LogP contribution in [0.15, 0.2) is 18.2 Å². The molecule has 0 aliphatic rings. The van der Waals surface area contributed by atoms with Crippen molar-refractivity contribution in [1.82, 2.24) is 5.32 Å². The summed E-state index contributed by atoms with van der Waals surface area (Å²) in [6.45, 7) is 0.384. The maximum absolute atomic E-state index is 12.8. The summed E-state index contributed by atoms with van der Waals surface area (Å²) in [5.41, 5.74) is 0.539. The number of hydrogen-bond donors (Lipinski definition) is 1. The van der Waals surface area contributed by atoms with Gasteiger partial charge in [0.1, 0.15) is 11.6 Å². The van der Waals surface area contributed by atoms with Gasteiger partial charge in [0.2, 0.25) is 5.91 Å². The van der Waals surface area contributed by atoms with Gasteiger partial charge in [-0.2, -0.15) is 0 Å². The van der Waals surface area contributed by atoms with Crippen molar-refractivity contribution in [2.24, 2.45) is 0 Å². The SMILES string of the molecule is O=C(CCBr)NCCc1cc(F)cc(F)c1. The van der Waals surface area contributed by atoms with E-state index in [2.05, 4.69) is 21.2 Å². The predicted molar refractivity (Wildman–Crippen MR) is 61.5 cm³/mol. The van der Waals surface area contributed by atoms with Gasteiger partial charge in [-0.05, 0) is 24.1 Å². The van der Waals surface area contributed by atoms with Gasteiger partial charge in [-0.25, -0.2) is 8.78 Å². The van der Waals surface area contributed by atoms with Gasteiger partial charge in [0.15, 0.2) is 0 Å². The first-order valence-electron chi connectivity index (χ1n) is 4.89. The van der Waals surface area contributed by atoms with E-state index in [-0.39, 0.29) is 5.91 Å². The van der Waals surface area contributed by atoms with E-state index >= 15 is 0 Å². The second-order valence-electron chi connectivity index (χ2n) is 3.32. The van der Waals surface area contributed by atoms with Gasteiger partial charge in [-0.3, -0.25) is 4.79 Å². The molecule has 0 bridgehead atoms. The standard InChI is InChI=1S/C11H12BrF2NO/c12-3-1-11(16)15-4-2-8-5-9(13)7-10(14)6-8/h5-7H,1-4H2,(H,15,16). The highest BCUT2D eigenvalue weighted by atomic mass is 79.9. The van der Waals surface area contributed by atoms with Crippen LogP contribution in [-0.4, -0.2) is 17.8 Å². The molecule has 0 saturated carbocycles. The Morgan fingerprint density at radius 3 is 2.44 bits per heavy atom. The molecule has 0 aliphatic carbocycles. The minimum absolute atomic E-state index is 0.0752. The van der Waals surface area contributed by atoms with Crippen molar-refractivity contribution in [2.75, 3.05) is 11.9 Å². The third-order valence-electron chi connectivity index (χ3n) is 1.98. The zero-order valence-electron chi connectivity index (χ0n) is 8.60. The topological polar surface area (TPSA) is 29.1 Å². The molecule has 0 atom stereocenters. The zero-order chi connectivity index (χ0) is 12.0. The minimum Gasteiger partial charge on any atom is -0.356 e. The van der Waals surface area contributed by atoms with Crippen molar-refractivity contribution >= 4 is 21.8 Å². The first-order valence-corrected chi connectivity index (χ1v) is 6.01. The summed E-state index contributed by atoms with van der Waals surface area (Å²) in [4.78, 5) is 11.1. The molecule has 0 fully saturated rings. The van der Waals surface area contributed by atoms with E-state index in [1.807, 2.05) is 0 Å². The number of amides is 1. The molecule has 0 aliphatic heterocycles. The van der Waals surface area contributed by atoms with Gasteiger partial charge in [0.05, 0.1) is 0 Å². The van der Waals surface area contributed by atoms with E-state index in [1.54, 1.807) is 0 Å². The second kappa shape index (κ2) is 6.58. The number of rotatable bonds is 5. The number of benzene rings is 1. The molecule has 5 heteroatoms. The molecular weight excluding hydrogens is 280 g/mol. The Morgan fingerprint density at radius 2 is 1.88 bits per heavy atom. The molecule has 0 unspecified atom stereocenters. The van der Waals surface area contributed by atoms with E-state index in [9.17, 15) is 13.6 Å². The fourth-order valence-electron chi connectivity index (χ4n) is 1.28. The first-order chi connectivity index (χ1) is 7.61. The molecule has 0 saturated heterocycles. The van der Waals surface area contributed by atoms with Gasteiger partial charge < -0.3 is 5.32 Å². The van der Waals surface area contributed by atoms with Crippen LogP contribution in [0.4, 0.5) is 8.78 Å². The second-order valence-corrected chi connectivity index (χ2v) is 4.11. The summed E-state index contributed by atoms with van der Waals surface area (Å²) in [6, 6.07) is 3.35. The summed E-state index contributed by atoms with van der Waals surface area (Å²) >= 11 is 3.15. The quantitative estimate of drug-likeness (QED) is 0.830. The van der Waals surface area contributed by atoms with Gasteiger partial charge >= 0.3 is 0 Å². The van der Waals surface area contributed by atoms with Crippen molar-refractivity contribution in [3.63, 3.8) is 0 Å². The lowest BCUT2D eigenvalue weighted by Crippen LogP contribution is -2.25. The van der Waals surface area contributed by atoms with Crippen molar-refractivity contribution in [2.45, 2.75) is 12.8 Å². The Bertz CT molecular complexity index is 351. The number of halogens is 3. The van der Waals surface area contributed by atoms with Crippen LogP contribution in [0.2, 0.25) is 0 Å². The molecule has 2 nitrogen and oxygen atoms in total. The Balaban J connectivity index is 2.40. The highest BCUT2D eigenvalue weighted by molar-refractivity contribution is 9.09. The summed E-state index contributed by atoms with van der Waals surface area (Å²) in [7, 11) is 0. The molecule has 1 N–H and O–H groups in total. The van der Waals surface area contributed by atoms with E-state index in [4.69, 9.17) is 0 Å². The van der Waals surface area contributed by atoms with Gasteiger partial charge in [-0.15, -0.1) is 0 Å². The Labute approximate surface area is 101 Å². The molecular formula is C11H12BrF2NO. The molecule has 0 spiro atoms. The lowest BCUT2D eigenvalue weighted by atomic mass is 10.1. The Hall–Kier alpha value is -0.970. The fraction of sp³-hybridized carbons (Fsp3) is 0.364. The van der Waals surface area contributed by atoms with Crippen molar-refractivity contribution < 1.29 is 13.6 Å². The largest absolute Gasteiger partial charge is 0.356 e. The number of hydrogen-bond acceptors (Lipinski definition) is 1. The van der Waals surface area contributed by atoms with Crippen LogP contribution in [0, 0.1) is 11.6 Å². The average molecular weight is 292 g/mol. The molecule has 1 amide bonds. The molecule has 1 aromatic carbocycles. The van der Waals surface area contributed by atoms with Crippen molar-refractivity contribution in [3.8, 4) is 0 Å². The number of carbonyl (C=O) groups excluding carboxylic acids is 1. The van der Waals surface area contributed by atoms with Gasteiger partial charge in [-0.1, -0.05) is 15.9 Å². The molecule has 1 aromatic rings. The average Bonchev–Trinajstić information content (AvgIpc) is 2.16. The smallest absolute Gasteiger partial charge is 0.220 e. The first kappa shape index (κ1) is 13.1. The maximum Gasteiger partial charge on any atom is 0.220 e. The predicted octanol–water partition coefficient (Wildman–Crippen LogP) is 2.41. The molecule has 88 valence electrons. The van der Waals surface area contributed by atoms with Crippen LogP contribution in [0.5, 0.6) is 0 Å². The van der Waals surface area contributed by atoms with E-state index < -0.39 is 11.6 Å². The number of alkyl halides is 1. The normalized spacial score (nSPS) is 10.2. The van der Waals surface area contributed by atoms with Crippen LogP contribution in [-0.2, 0) is 11.2 Å². The van der Waals surface area contributed by atoms with Crippen LogP contribution in [0.3, 0.4) is 0 Å². The summed E-state index contributed by atoms with van der Waals surface area (Å²) < 4.78 is 25.6. The maximum atomic E-state index is 12.8. The highest BCUT2D eigenvalue weighted by Gasteiger charge is 2.02. The van der Waals surface area contributed by atoms with Gasteiger partial charge in [0.25, 0.3) is 0 Å². The molecule has 1 rings (SSSR count). The fourth-order valence-corrected chi connectivity index (χ4v) is 1.64. The molecule has 16 heavy (non-hydrogen) atoms. The van der Waals surface area contributed by atoms with E-state index in [1.165, 1.54) is 12.1 Å². The molecule has 0 heterocycles. The van der Waals surface area contributed by atoms with Crippen LogP contribution < -0.4 is 5.32 Å². The van der Waals surface area contributed by atoms with Crippen molar-refractivity contribution in [1.29, 1.82) is 0 Å². The zero-order valence-corrected chi connectivity index (χ0v) is 10.2. The third-order valence-corrected chi connectivity index (χ3v) is 2.38. The minimum atomic E-state index is -0.596. The summed E-state index contributed by atoms with van der Waals surface area (Å²) in [6.07, 6.45) is 0.820. The van der Waals surface area contributed by atoms with Gasteiger partial charge in [0, 0.05) is 24.4 Å². The molecule has 0 radical (unpaired) electrons. The molecule has 0 aromatic heterocycles. The van der Waals surface area contributed by atoms with Crippen LogP contribution in [0.1, 0.15) is 12.0 Å². The summed E-state index contributed by atoms with van der Waals surface area (Å²) in [5.74, 6) is -1.27.